The van der Waals surface area contributed by atoms with E-state index in [2.05, 4.69) is 0 Å². The van der Waals surface area contributed by atoms with Gasteiger partial charge in [0.05, 0.1) is 0 Å². The Morgan fingerprint density at radius 1 is 1.42 bits per heavy atom. The third kappa shape index (κ3) is 1.96. The molecule has 1 rings (SSSR count). The molecule has 0 saturated carbocycles. The van der Waals surface area contributed by atoms with Crippen molar-refractivity contribution in [1.82, 2.24) is 4.84 Å². The van der Waals surface area contributed by atoms with Crippen LogP contribution in [-0.4, -0.2) is 11.0 Å². The topological polar surface area (TPSA) is 49.3 Å². The van der Waals surface area contributed by atoms with Crippen LogP contribution in [0.4, 0.5) is 0 Å². The van der Waals surface area contributed by atoms with E-state index in [1.165, 1.54) is 0 Å². The molecular formula is C8H8ClNO2. The summed E-state index contributed by atoms with van der Waals surface area (Å²) in [7, 11) is 0. The summed E-state index contributed by atoms with van der Waals surface area (Å²) in [5.74, 6) is -0.622. The summed E-state index contributed by atoms with van der Waals surface area (Å²) in [6.07, 6.45) is -1.19. The summed E-state index contributed by atoms with van der Waals surface area (Å²) in [5.41, 5.74) is 0.524. The minimum absolute atomic E-state index is 0.524. The van der Waals surface area contributed by atoms with Crippen molar-refractivity contribution in [3.05, 3.63) is 35.9 Å². The van der Waals surface area contributed by atoms with Crippen LogP contribution in [-0.2, 0) is 4.79 Å². The van der Waals surface area contributed by atoms with Gasteiger partial charge >= 0.3 is 0 Å². The summed E-state index contributed by atoms with van der Waals surface area (Å²) < 4.78 is 0. The number of rotatable bonds is 2. The van der Waals surface area contributed by atoms with E-state index >= 15 is 0 Å². The maximum absolute atomic E-state index is 10.8. The summed E-state index contributed by atoms with van der Waals surface area (Å²) >= 11 is 5.04. The Balaban J connectivity index is 2.78. The van der Waals surface area contributed by atoms with Crippen molar-refractivity contribution in [2.75, 3.05) is 0 Å². The summed E-state index contributed by atoms with van der Waals surface area (Å²) in [6.45, 7) is 0. The van der Waals surface area contributed by atoms with E-state index < -0.39 is 12.0 Å². The lowest BCUT2D eigenvalue weighted by atomic mass is 10.1. The number of nitrogens with one attached hydrogen (secondary N) is 1. The number of aliphatic hydroxyl groups excluding tert-OH is 1. The summed E-state index contributed by atoms with van der Waals surface area (Å²) in [6, 6.07) is 8.57. The van der Waals surface area contributed by atoms with Crippen LogP contribution in [0.2, 0.25) is 0 Å². The number of carbonyl (C=O) groups excluding carboxylic acids is 1. The second kappa shape index (κ2) is 4.09. The van der Waals surface area contributed by atoms with E-state index in [4.69, 9.17) is 11.8 Å². The molecule has 0 aliphatic heterocycles. The predicted molar refractivity (Wildman–Crippen MR) is 45.4 cm³/mol. The van der Waals surface area contributed by atoms with Gasteiger partial charge in [-0.25, -0.2) is 0 Å². The van der Waals surface area contributed by atoms with Gasteiger partial charge in [0.1, 0.15) is 0 Å². The van der Waals surface area contributed by atoms with Gasteiger partial charge in [-0.2, -0.15) is 0 Å². The number of amides is 1. The Morgan fingerprint density at radius 2 is 2.00 bits per heavy atom. The molecule has 12 heavy (non-hydrogen) atoms. The number of halogens is 1. The van der Waals surface area contributed by atoms with Gasteiger partial charge in [0.15, 0.2) is 6.10 Å². The highest BCUT2D eigenvalue weighted by Crippen LogP contribution is 2.11. The smallest absolute Gasteiger partial charge is 0.267 e. The molecule has 4 heteroatoms. The van der Waals surface area contributed by atoms with Crippen molar-refractivity contribution < 1.29 is 9.90 Å². The Hall–Kier alpha value is -1.06. The Morgan fingerprint density at radius 3 is 2.50 bits per heavy atom. The maximum Gasteiger partial charge on any atom is 0.267 e. The monoisotopic (exact) mass is 185 g/mol. The number of hydrogen-bond donors (Lipinski definition) is 2. The highest BCUT2D eigenvalue weighted by atomic mass is 35.5. The van der Waals surface area contributed by atoms with E-state index in [0.29, 0.717) is 5.56 Å². The highest BCUT2D eigenvalue weighted by Gasteiger charge is 2.15. The van der Waals surface area contributed by atoms with Gasteiger partial charge in [0, 0.05) is 11.8 Å². The SMILES string of the molecule is O=C(NCl)C(O)c1ccccc1. The predicted octanol–water partition coefficient (Wildman–Crippen LogP) is 0.990. The first-order chi connectivity index (χ1) is 5.75. The molecule has 1 unspecified atom stereocenters. The van der Waals surface area contributed by atoms with Crippen LogP contribution in [0.15, 0.2) is 30.3 Å². The lowest BCUT2D eigenvalue weighted by Gasteiger charge is -2.06. The lowest BCUT2D eigenvalue weighted by molar-refractivity contribution is -0.127. The van der Waals surface area contributed by atoms with Crippen LogP contribution in [0, 0.1) is 0 Å². The van der Waals surface area contributed by atoms with Gasteiger partial charge in [-0.05, 0) is 5.56 Å². The molecule has 0 saturated heterocycles. The second-order valence-corrected chi connectivity index (χ2v) is 2.46. The average molecular weight is 186 g/mol. The van der Waals surface area contributed by atoms with E-state index in [1.54, 1.807) is 30.3 Å². The first-order valence-electron chi connectivity index (χ1n) is 3.39. The van der Waals surface area contributed by atoms with E-state index in [-0.39, 0.29) is 0 Å². The Kier molecular flexibility index (Phi) is 3.08. The van der Waals surface area contributed by atoms with Gasteiger partial charge in [-0.15, -0.1) is 0 Å². The average Bonchev–Trinajstić information content (AvgIpc) is 2.17. The third-order valence-electron chi connectivity index (χ3n) is 1.46. The second-order valence-electron chi connectivity index (χ2n) is 2.27. The van der Waals surface area contributed by atoms with Crippen molar-refractivity contribution >= 4 is 17.7 Å². The molecule has 64 valence electrons. The Labute approximate surface area is 75.1 Å². The maximum atomic E-state index is 10.8. The molecule has 0 spiro atoms. The van der Waals surface area contributed by atoms with Gasteiger partial charge in [0.25, 0.3) is 5.91 Å². The number of benzene rings is 1. The number of aliphatic hydroxyl groups is 1. The van der Waals surface area contributed by atoms with Crippen molar-refractivity contribution in [2.45, 2.75) is 6.10 Å². The minimum atomic E-state index is -1.19. The quantitative estimate of drug-likeness (QED) is 0.676. The zero-order chi connectivity index (χ0) is 8.97. The van der Waals surface area contributed by atoms with Crippen molar-refractivity contribution in [3.8, 4) is 0 Å². The molecule has 0 aliphatic rings. The van der Waals surface area contributed by atoms with Gasteiger partial charge in [-0.1, -0.05) is 30.3 Å². The fourth-order valence-electron chi connectivity index (χ4n) is 0.838. The molecule has 0 bridgehead atoms. The van der Waals surface area contributed by atoms with Crippen LogP contribution in [0.5, 0.6) is 0 Å². The lowest BCUT2D eigenvalue weighted by Crippen LogP contribution is -2.21. The van der Waals surface area contributed by atoms with Gasteiger partial charge in [-0.3, -0.25) is 9.63 Å². The van der Waals surface area contributed by atoms with Crippen LogP contribution in [0.25, 0.3) is 0 Å². The van der Waals surface area contributed by atoms with Crippen molar-refractivity contribution in [2.24, 2.45) is 0 Å². The summed E-state index contributed by atoms with van der Waals surface area (Å²) in [5, 5.41) is 9.29. The zero-order valence-corrected chi connectivity index (χ0v) is 6.95. The van der Waals surface area contributed by atoms with Gasteiger partial charge in [0.2, 0.25) is 0 Å². The molecule has 1 aromatic rings. The van der Waals surface area contributed by atoms with E-state index in [9.17, 15) is 9.90 Å². The van der Waals surface area contributed by atoms with Crippen LogP contribution >= 0.6 is 11.8 Å². The first-order valence-corrected chi connectivity index (χ1v) is 3.77. The molecule has 1 amide bonds. The largest absolute Gasteiger partial charge is 0.378 e. The number of carbonyl (C=O) groups is 1. The van der Waals surface area contributed by atoms with Gasteiger partial charge < -0.3 is 5.11 Å². The molecule has 0 fully saturated rings. The molecule has 2 N–H and O–H groups in total. The first kappa shape index (κ1) is 9.03. The minimum Gasteiger partial charge on any atom is -0.378 e. The fraction of sp³-hybridized carbons (Fsp3) is 0.125. The molecule has 0 radical (unpaired) electrons. The third-order valence-corrected chi connectivity index (χ3v) is 1.64. The molecule has 0 aromatic heterocycles. The molecule has 1 atom stereocenters. The van der Waals surface area contributed by atoms with Crippen molar-refractivity contribution in [1.29, 1.82) is 0 Å². The number of hydrogen-bond acceptors (Lipinski definition) is 2. The molecular weight excluding hydrogens is 178 g/mol. The highest BCUT2D eigenvalue weighted by molar-refractivity contribution is 6.21. The zero-order valence-electron chi connectivity index (χ0n) is 6.20. The van der Waals surface area contributed by atoms with E-state index in [0.717, 1.165) is 0 Å². The molecule has 0 heterocycles. The normalized spacial score (nSPS) is 12.2. The molecule has 3 nitrogen and oxygen atoms in total. The van der Waals surface area contributed by atoms with Crippen LogP contribution < -0.4 is 4.84 Å². The van der Waals surface area contributed by atoms with Crippen molar-refractivity contribution in [3.63, 3.8) is 0 Å². The summed E-state index contributed by atoms with van der Waals surface area (Å²) in [4.78, 5) is 12.7. The van der Waals surface area contributed by atoms with Crippen LogP contribution in [0.1, 0.15) is 11.7 Å². The molecule has 1 aromatic carbocycles. The standard InChI is InChI=1S/C8H8ClNO2/c9-10-8(12)7(11)6-4-2-1-3-5-6/h1-5,7,11H,(H,10,12). The van der Waals surface area contributed by atoms with Crippen LogP contribution in [0.3, 0.4) is 0 Å². The Bertz CT molecular complexity index is 263. The molecule has 0 aliphatic carbocycles. The fourth-order valence-corrected chi connectivity index (χ4v) is 0.942. The van der Waals surface area contributed by atoms with E-state index in [1.807, 2.05) is 4.84 Å².